The second-order valence-electron chi connectivity index (χ2n) is 3.54. The van der Waals surface area contributed by atoms with Crippen LogP contribution in [0, 0.1) is 6.92 Å². The zero-order valence-electron chi connectivity index (χ0n) is 10.9. The minimum Gasteiger partial charge on any atom is -0.467 e. The van der Waals surface area contributed by atoms with Gasteiger partial charge in [0.05, 0.1) is 7.11 Å². The Labute approximate surface area is 115 Å². The molecule has 2 aromatic rings. The molecule has 0 amide bonds. The Balaban J connectivity index is 2.26. The Hall–Kier alpha value is -1.96. The van der Waals surface area contributed by atoms with E-state index in [1.807, 2.05) is 19.9 Å². The number of anilines is 1. The van der Waals surface area contributed by atoms with Gasteiger partial charge < -0.3 is 10.1 Å². The summed E-state index contributed by atoms with van der Waals surface area (Å²) in [6.07, 6.45) is 1.70. The molecule has 0 spiro atoms. The van der Waals surface area contributed by atoms with Gasteiger partial charge in [0.1, 0.15) is 0 Å². The first-order valence-corrected chi connectivity index (χ1v) is 6.54. The molecule has 0 aliphatic carbocycles. The maximum Gasteiger partial charge on any atom is 0.321 e. The Morgan fingerprint density at radius 3 is 2.74 bits per heavy atom. The minimum absolute atomic E-state index is 0.265. The summed E-state index contributed by atoms with van der Waals surface area (Å²) in [7, 11) is 1.52. The van der Waals surface area contributed by atoms with E-state index in [4.69, 9.17) is 4.74 Å². The summed E-state index contributed by atoms with van der Waals surface area (Å²) in [4.78, 5) is 21.0. The van der Waals surface area contributed by atoms with Crippen LogP contribution in [0.15, 0.2) is 22.6 Å². The summed E-state index contributed by atoms with van der Waals surface area (Å²) in [6, 6.07) is 2.10. The summed E-state index contributed by atoms with van der Waals surface area (Å²) in [6.45, 7) is 4.59. The van der Waals surface area contributed by atoms with Gasteiger partial charge in [-0.15, -0.1) is 0 Å². The van der Waals surface area contributed by atoms with Crippen LogP contribution < -0.4 is 10.1 Å². The number of hydrogen-bond donors (Lipinski definition) is 1. The van der Waals surface area contributed by atoms with Crippen molar-refractivity contribution < 1.29 is 4.74 Å². The molecule has 0 aromatic carbocycles. The van der Waals surface area contributed by atoms with Gasteiger partial charge >= 0.3 is 6.01 Å². The molecule has 0 radical (unpaired) electrons. The van der Waals surface area contributed by atoms with Crippen molar-refractivity contribution in [3.63, 3.8) is 0 Å². The molecule has 19 heavy (non-hydrogen) atoms. The van der Waals surface area contributed by atoms with E-state index in [0.717, 1.165) is 12.2 Å². The first-order chi connectivity index (χ1) is 9.21. The van der Waals surface area contributed by atoms with Crippen LogP contribution in [0.2, 0.25) is 0 Å². The molecule has 1 N–H and O–H groups in total. The van der Waals surface area contributed by atoms with Crippen molar-refractivity contribution in [3.05, 3.63) is 18.0 Å². The maximum atomic E-state index is 5.05. The van der Waals surface area contributed by atoms with E-state index in [-0.39, 0.29) is 6.01 Å². The van der Waals surface area contributed by atoms with Gasteiger partial charge in [0, 0.05) is 18.4 Å². The van der Waals surface area contributed by atoms with Crippen molar-refractivity contribution >= 4 is 17.7 Å². The second-order valence-corrected chi connectivity index (χ2v) is 4.48. The summed E-state index contributed by atoms with van der Waals surface area (Å²) in [5.41, 5.74) is 0.894. The van der Waals surface area contributed by atoms with Crippen molar-refractivity contribution in [2.24, 2.45) is 0 Å². The highest BCUT2D eigenvalue weighted by molar-refractivity contribution is 7.99. The van der Waals surface area contributed by atoms with E-state index in [9.17, 15) is 0 Å². The monoisotopic (exact) mass is 278 g/mol. The normalized spacial score (nSPS) is 10.3. The molecular formula is C11H14N6OS. The van der Waals surface area contributed by atoms with E-state index < -0.39 is 0 Å². The average Bonchev–Trinajstić information content (AvgIpc) is 2.39. The molecule has 2 heterocycles. The summed E-state index contributed by atoms with van der Waals surface area (Å²) >= 11 is 1.27. The van der Waals surface area contributed by atoms with Crippen molar-refractivity contribution in [3.8, 4) is 6.01 Å². The van der Waals surface area contributed by atoms with Crippen molar-refractivity contribution in [1.29, 1.82) is 0 Å². The van der Waals surface area contributed by atoms with Crippen LogP contribution in [0.5, 0.6) is 6.01 Å². The maximum absolute atomic E-state index is 5.05. The first-order valence-electron chi connectivity index (χ1n) is 5.72. The summed E-state index contributed by atoms with van der Waals surface area (Å²) < 4.78 is 5.05. The highest BCUT2D eigenvalue weighted by Gasteiger charge is 2.09. The fraction of sp³-hybridized carbons (Fsp3) is 0.364. The van der Waals surface area contributed by atoms with E-state index >= 15 is 0 Å². The Bertz CT molecular complexity index is 565. The number of aromatic nitrogens is 5. The molecule has 0 bridgehead atoms. The number of hydrogen-bond acceptors (Lipinski definition) is 8. The molecule has 2 rings (SSSR count). The predicted octanol–water partition coefficient (Wildman–Crippen LogP) is 1.56. The number of rotatable bonds is 5. The number of nitrogens with one attached hydrogen (secondary N) is 1. The average molecular weight is 278 g/mol. The molecule has 0 fully saturated rings. The molecule has 2 aromatic heterocycles. The van der Waals surface area contributed by atoms with Gasteiger partial charge in [0.2, 0.25) is 11.1 Å². The quantitative estimate of drug-likeness (QED) is 0.825. The highest BCUT2D eigenvalue weighted by atomic mass is 32.2. The van der Waals surface area contributed by atoms with E-state index in [1.165, 1.54) is 18.9 Å². The van der Waals surface area contributed by atoms with Crippen LogP contribution in [0.25, 0.3) is 0 Å². The molecular weight excluding hydrogens is 264 g/mol. The third-order valence-corrected chi connectivity index (χ3v) is 2.81. The van der Waals surface area contributed by atoms with Crippen LogP contribution >= 0.6 is 11.8 Å². The second kappa shape index (κ2) is 6.28. The fourth-order valence-electron chi connectivity index (χ4n) is 1.27. The highest BCUT2D eigenvalue weighted by Crippen LogP contribution is 2.23. The minimum atomic E-state index is 0.265. The van der Waals surface area contributed by atoms with Gasteiger partial charge in [0.15, 0.2) is 5.16 Å². The Kier molecular flexibility index (Phi) is 4.45. The zero-order valence-corrected chi connectivity index (χ0v) is 11.7. The molecule has 0 saturated heterocycles. The predicted molar refractivity (Wildman–Crippen MR) is 71.4 cm³/mol. The van der Waals surface area contributed by atoms with Crippen LogP contribution in [0.1, 0.15) is 12.6 Å². The fourth-order valence-corrected chi connectivity index (χ4v) is 1.99. The lowest BCUT2D eigenvalue weighted by Crippen LogP contribution is -2.06. The van der Waals surface area contributed by atoms with Gasteiger partial charge in [-0.1, -0.05) is 0 Å². The topological polar surface area (TPSA) is 85.7 Å². The van der Waals surface area contributed by atoms with Gasteiger partial charge in [-0.3, -0.25) is 0 Å². The van der Waals surface area contributed by atoms with Crippen molar-refractivity contribution in [1.82, 2.24) is 24.9 Å². The van der Waals surface area contributed by atoms with E-state index in [0.29, 0.717) is 16.3 Å². The van der Waals surface area contributed by atoms with Gasteiger partial charge in [-0.2, -0.15) is 15.0 Å². The van der Waals surface area contributed by atoms with Crippen LogP contribution in [-0.4, -0.2) is 38.6 Å². The Morgan fingerprint density at radius 2 is 2.05 bits per heavy atom. The molecule has 8 heteroatoms. The molecule has 0 aliphatic heterocycles. The smallest absolute Gasteiger partial charge is 0.321 e. The van der Waals surface area contributed by atoms with Crippen LogP contribution in [0.4, 0.5) is 5.95 Å². The standard InChI is InChI=1S/C11H14N6OS/c1-4-12-8-15-9(18-3)17-11(16-8)19-10-13-6-5-7(2)14-10/h5-6H,4H2,1-3H3,(H,12,15,16,17). The lowest BCUT2D eigenvalue weighted by Gasteiger charge is -2.05. The van der Waals surface area contributed by atoms with Crippen LogP contribution in [-0.2, 0) is 0 Å². The first kappa shape index (κ1) is 13.5. The summed E-state index contributed by atoms with van der Waals surface area (Å²) in [5, 5.41) is 4.11. The lowest BCUT2D eigenvalue weighted by atomic mass is 10.5. The number of ether oxygens (including phenoxy) is 1. The van der Waals surface area contributed by atoms with E-state index in [2.05, 4.69) is 30.2 Å². The van der Waals surface area contributed by atoms with Crippen molar-refractivity contribution in [2.45, 2.75) is 24.2 Å². The Morgan fingerprint density at radius 1 is 1.21 bits per heavy atom. The molecule has 0 unspecified atom stereocenters. The largest absolute Gasteiger partial charge is 0.467 e. The van der Waals surface area contributed by atoms with Gasteiger partial charge in [0.25, 0.3) is 0 Å². The van der Waals surface area contributed by atoms with Gasteiger partial charge in [-0.05, 0) is 31.7 Å². The molecule has 0 aliphatic rings. The molecule has 0 atom stereocenters. The zero-order chi connectivity index (χ0) is 13.7. The number of nitrogens with zero attached hydrogens (tertiary/aromatic N) is 5. The molecule has 0 saturated carbocycles. The number of methoxy groups -OCH3 is 1. The molecule has 100 valence electrons. The van der Waals surface area contributed by atoms with Crippen molar-refractivity contribution in [2.75, 3.05) is 19.0 Å². The van der Waals surface area contributed by atoms with Crippen LogP contribution in [0.3, 0.4) is 0 Å². The molecule has 7 nitrogen and oxygen atoms in total. The third-order valence-electron chi connectivity index (χ3n) is 2.07. The lowest BCUT2D eigenvalue weighted by molar-refractivity contribution is 0.373. The third kappa shape index (κ3) is 3.75. The SMILES string of the molecule is CCNc1nc(OC)nc(Sc2nccc(C)n2)n1. The summed E-state index contributed by atoms with van der Waals surface area (Å²) in [5.74, 6) is 0.476. The van der Waals surface area contributed by atoms with E-state index in [1.54, 1.807) is 6.20 Å². The van der Waals surface area contributed by atoms with Gasteiger partial charge in [-0.25, -0.2) is 9.97 Å². The number of aryl methyl sites for hydroxylation is 1.